The summed E-state index contributed by atoms with van der Waals surface area (Å²) in [6.45, 7) is -0.815. The highest BCUT2D eigenvalue weighted by Gasteiger charge is 2.31. The number of carboxylic acid groups (broad SMARTS) is 1. The number of hydrogen-bond acceptors (Lipinski definition) is 7. The standard InChI is InChI=1S/C31H34N8O6/c32-22(11-19-14-33-16-36-19)28(41)37-25(9-17-12-34-23-7-3-1-5-20(17)23)29(42)39-27(15-40)30(43)38-26(31(44)45)10-18-13-35-24-8-4-2-6-21(18)24/h1-8,12-14,16,22,25-27,34-35,40H,9-11,15,32H2,(H,33,36)(H,37,41)(H,38,43)(H,39,42)(H,44,45). The third kappa shape index (κ3) is 7.37. The summed E-state index contributed by atoms with van der Waals surface area (Å²) in [5.41, 5.74) is 9.79. The molecule has 234 valence electrons. The van der Waals surface area contributed by atoms with Gasteiger partial charge >= 0.3 is 5.97 Å². The zero-order valence-electron chi connectivity index (χ0n) is 24.1. The van der Waals surface area contributed by atoms with E-state index >= 15 is 0 Å². The summed E-state index contributed by atoms with van der Waals surface area (Å²) in [7, 11) is 0. The molecule has 0 saturated carbocycles. The number of amides is 3. The van der Waals surface area contributed by atoms with E-state index in [2.05, 4.69) is 35.9 Å². The van der Waals surface area contributed by atoms with Crippen LogP contribution in [0.25, 0.3) is 21.8 Å². The molecule has 0 saturated heterocycles. The molecule has 0 bridgehead atoms. The fraction of sp³-hybridized carbons (Fsp3) is 0.258. The summed E-state index contributed by atoms with van der Waals surface area (Å²) in [5, 5.41) is 29.1. The summed E-state index contributed by atoms with van der Waals surface area (Å²) >= 11 is 0. The number of aliphatic hydroxyl groups is 1. The molecule has 0 radical (unpaired) electrons. The molecule has 5 aromatic rings. The molecule has 10 N–H and O–H groups in total. The van der Waals surface area contributed by atoms with Gasteiger partial charge in [0.2, 0.25) is 17.7 Å². The SMILES string of the molecule is NC(Cc1cnc[nH]1)C(=O)NC(Cc1c[nH]c2ccccc12)C(=O)NC(CO)C(=O)NC(Cc1c[nH]c2ccccc12)C(=O)O. The molecule has 45 heavy (non-hydrogen) atoms. The molecule has 4 atom stereocenters. The number of para-hydroxylation sites is 2. The molecule has 2 aromatic carbocycles. The quantitative estimate of drug-likeness (QED) is 0.0840. The van der Waals surface area contributed by atoms with Gasteiger partial charge in [0.05, 0.1) is 19.0 Å². The summed E-state index contributed by atoms with van der Waals surface area (Å²) in [6.07, 6.45) is 6.54. The molecular weight excluding hydrogens is 580 g/mol. The lowest BCUT2D eigenvalue weighted by Crippen LogP contribution is -2.58. The van der Waals surface area contributed by atoms with Gasteiger partial charge in [-0.15, -0.1) is 0 Å². The Morgan fingerprint density at radius 1 is 0.733 bits per heavy atom. The van der Waals surface area contributed by atoms with Gasteiger partial charge in [-0.1, -0.05) is 36.4 Å². The number of carbonyl (C=O) groups excluding carboxylic acids is 3. The highest BCUT2D eigenvalue weighted by atomic mass is 16.4. The zero-order chi connectivity index (χ0) is 31.9. The van der Waals surface area contributed by atoms with Gasteiger partial charge in [-0.2, -0.15) is 0 Å². The Kier molecular flexibility index (Phi) is 9.55. The Hall–Kier alpha value is -5.47. The van der Waals surface area contributed by atoms with Crippen molar-refractivity contribution in [2.24, 2.45) is 5.73 Å². The number of nitrogens with zero attached hydrogens (tertiary/aromatic N) is 1. The number of H-pyrrole nitrogens is 3. The Morgan fingerprint density at radius 2 is 1.27 bits per heavy atom. The molecule has 0 aliphatic heterocycles. The predicted octanol–water partition coefficient (Wildman–Crippen LogP) is 0.259. The van der Waals surface area contributed by atoms with Crippen LogP contribution in [0.4, 0.5) is 0 Å². The first-order valence-corrected chi connectivity index (χ1v) is 14.3. The first-order chi connectivity index (χ1) is 21.7. The smallest absolute Gasteiger partial charge is 0.326 e. The van der Waals surface area contributed by atoms with Crippen LogP contribution in [0.5, 0.6) is 0 Å². The summed E-state index contributed by atoms with van der Waals surface area (Å²) in [5.74, 6) is -3.56. The summed E-state index contributed by atoms with van der Waals surface area (Å²) in [6, 6.07) is 9.74. The molecule has 5 rings (SSSR count). The van der Waals surface area contributed by atoms with E-state index in [1.165, 1.54) is 12.5 Å². The summed E-state index contributed by atoms with van der Waals surface area (Å²) < 4.78 is 0. The minimum Gasteiger partial charge on any atom is -0.480 e. The number of aromatic nitrogens is 4. The maximum absolute atomic E-state index is 13.6. The second-order valence-corrected chi connectivity index (χ2v) is 10.7. The number of aliphatic carboxylic acids is 1. The van der Waals surface area contributed by atoms with Crippen LogP contribution in [0.3, 0.4) is 0 Å². The molecule has 0 spiro atoms. The second-order valence-electron chi connectivity index (χ2n) is 10.7. The first-order valence-electron chi connectivity index (χ1n) is 14.3. The minimum atomic E-state index is -1.50. The fourth-order valence-corrected chi connectivity index (χ4v) is 5.19. The maximum atomic E-state index is 13.6. The van der Waals surface area contributed by atoms with E-state index in [-0.39, 0.29) is 19.3 Å². The number of fused-ring (bicyclic) bond motifs is 2. The number of aromatic amines is 3. The average Bonchev–Trinajstić information content (AvgIpc) is 3.80. The Balaban J connectivity index is 1.30. The highest BCUT2D eigenvalue weighted by Crippen LogP contribution is 2.20. The van der Waals surface area contributed by atoms with Gasteiger partial charge < -0.3 is 46.8 Å². The zero-order valence-corrected chi connectivity index (χ0v) is 24.1. The molecule has 14 heteroatoms. The lowest BCUT2D eigenvalue weighted by molar-refractivity contribution is -0.142. The normalized spacial score (nSPS) is 14.0. The van der Waals surface area contributed by atoms with E-state index in [0.717, 1.165) is 27.4 Å². The van der Waals surface area contributed by atoms with Gasteiger partial charge in [0.25, 0.3) is 0 Å². The van der Waals surface area contributed by atoms with Crippen molar-refractivity contribution in [2.75, 3.05) is 6.61 Å². The summed E-state index contributed by atoms with van der Waals surface area (Å²) in [4.78, 5) is 64.9. The van der Waals surface area contributed by atoms with Crippen molar-refractivity contribution in [3.63, 3.8) is 0 Å². The van der Waals surface area contributed by atoms with Crippen molar-refractivity contribution in [1.82, 2.24) is 35.9 Å². The van der Waals surface area contributed by atoms with Gasteiger partial charge in [0.15, 0.2) is 0 Å². The first kappa shape index (κ1) is 31.0. The van der Waals surface area contributed by atoms with Crippen LogP contribution in [0.1, 0.15) is 16.8 Å². The van der Waals surface area contributed by atoms with E-state index in [1.807, 2.05) is 48.5 Å². The van der Waals surface area contributed by atoms with Crippen LogP contribution in [0, 0.1) is 0 Å². The average molecular weight is 615 g/mol. The van der Waals surface area contributed by atoms with Crippen LogP contribution in [-0.2, 0) is 38.4 Å². The van der Waals surface area contributed by atoms with Crippen LogP contribution in [-0.4, -0.2) is 84.6 Å². The largest absolute Gasteiger partial charge is 0.480 e. The van der Waals surface area contributed by atoms with E-state index in [9.17, 15) is 29.4 Å². The number of carbonyl (C=O) groups is 4. The van der Waals surface area contributed by atoms with Crippen LogP contribution < -0.4 is 21.7 Å². The molecule has 0 fully saturated rings. The van der Waals surface area contributed by atoms with Crippen molar-refractivity contribution in [2.45, 2.75) is 43.4 Å². The molecule has 0 aliphatic rings. The Bertz CT molecular complexity index is 1800. The number of carboxylic acids is 1. The molecule has 14 nitrogen and oxygen atoms in total. The van der Waals surface area contributed by atoms with Crippen LogP contribution >= 0.6 is 0 Å². The number of aliphatic hydroxyl groups excluding tert-OH is 1. The third-order valence-electron chi connectivity index (χ3n) is 7.59. The van der Waals surface area contributed by atoms with Gasteiger partial charge in [0, 0.05) is 65.4 Å². The van der Waals surface area contributed by atoms with Crippen molar-refractivity contribution >= 4 is 45.5 Å². The second kappa shape index (κ2) is 13.9. The van der Waals surface area contributed by atoms with Crippen LogP contribution in [0.2, 0.25) is 0 Å². The molecule has 0 aliphatic carbocycles. The van der Waals surface area contributed by atoms with E-state index in [4.69, 9.17) is 5.73 Å². The monoisotopic (exact) mass is 614 g/mol. The molecule has 4 unspecified atom stereocenters. The van der Waals surface area contributed by atoms with Gasteiger partial charge in [-0.3, -0.25) is 14.4 Å². The number of hydrogen-bond donors (Lipinski definition) is 9. The lowest BCUT2D eigenvalue weighted by Gasteiger charge is -2.24. The van der Waals surface area contributed by atoms with Crippen LogP contribution in [0.15, 0.2) is 73.4 Å². The van der Waals surface area contributed by atoms with Gasteiger partial charge in [-0.05, 0) is 23.3 Å². The van der Waals surface area contributed by atoms with Crippen molar-refractivity contribution in [1.29, 1.82) is 0 Å². The van der Waals surface area contributed by atoms with E-state index < -0.39 is 54.5 Å². The van der Waals surface area contributed by atoms with Gasteiger partial charge in [0.1, 0.15) is 18.1 Å². The van der Waals surface area contributed by atoms with Gasteiger partial charge in [-0.25, -0.2) is 9.78 Å². The minimum absolute atomic E-state index is 0.0371. The maximum Gasteiger partial charge on any atom is 0.326 e. The molecule has 3 amide bonds. The highest BCUT2D eigenvalue weighted by molar-refractivity contribution is 5.95. The molecule has 3 aromatic heterocycles. The lowest BCUT2D eigenvalue weighted by atomic mass is 10.0. The number of benzene rings is 2. The predicted molar refractivity (Wildman–Crippen MR) is 165 cm³/mol. The van der Waals surface area contributed by atoms with Crippen molar-refractivity contribution in [3.05, 3.63) is 90.3 Å². The van der Waals surface area contributed by atoms with E-state index in [1.54, 1.807) is 12.4 Å². The molecular formula is C31H34N8O6. The number of imidazole rings is 1. The van der Waals surface area contributed by atoms with Crippen molar-refractivity contribution in [3.8, 4) is 0 Å². The van der Waals surface area contributed by atoms with E-state index in [0.29, 0.717) is 11.3 Å². The van der Waals surface area contributed by atoms with Crippen molar-refractivity contribution < 1.29 is 29.4 Å². The number of nitrogens with one attached hydrogen (secondary N) is 6. The fourth-order valence-electron chi connectivity index (χ4n) is 5.19. The third-order valence-corrected chi connectivity index (χ3v) is 7.59. The Morgan fingerprint density at radius 3 is 1.82 bits per heavy atom. The number of rotatable bonds is 14. The molecule has 3 heterocycles. The topological polar surface area (TPSA) is 231 Å². The number of nitrogens with two attached hydrogens (primary N) is 1. The Labute approximate surface area is 256 Å².